The lowest BCUT2D eigenvalue weighted by Gasteiger charge is -2.11. The van der Waals surface area contributed by atoms with Gasteiger partial charge in [0.05, 0.1) is 11.0 Å². The molecule has 196 valence electrons. The average molecular weight is 552 g/mol. The van der Waals surface area contributed by atoms with Crippen molar-refractivity contribution in [1.29, 1.82) is 0 Å². The minimum Gasteiger partial charge on any atom is -0.309 e. The Balaban J connectivity index is 1.21. The first-order valence-corrected chi connectivity index (χ1v) is 15.2. The van der Waals surface area contributed by atoms with Crippen LogP contribution in [0.15, 0.2) is 152 Å². The summed E-state index contributed by atoms with van der Waals surface area (Å²) in [4.78, 5) is 0. The maximum Gasteiger partial charge on any atom is 0.0547 e. The van der Waals surface area contributed by atoms with Gasteiger partial charge in [0, 0.05) is 36.6 Å². The normalized spacial score (nSPS) is 11.8. The summed E-state index contributed by atoms with van der Waals surface area (Å²) >= 11 is 1.87. The third kappa shape index (κ3) is 3.56. The van der Waals surface area contributed by atoms with Crippen LogP contribution in [-0.2, 0) is 0 Å². The van der Waals surface area contributed by atoms with Crippen LogP contribution >= 0.6 is 11.3 Å². The van der Waals surface area contributed by atoms with Gasteiger partial charge in [-0.3, -0.25) is 0 Å². The zero-order valence-corrected chi connectivity index (χ0v) is 23.6. The Kier molecular flexibility index (Phi) is 5.13. The Morgan fingerprint density at radius 3 is 1.88 bits per heavy atom. The van der Waals surface area contributed by atoms with Crippen molar-refractivity contribution in [2.75, 3.05) is 0 Å². The molecular formula is C40H25NS. The molecule has 0 saturated carbocycles. The van der Waals surface area contributed by atoms with Crippen molar-refractivity contribution >= 4 is 64.1 Å². The molecule has 7 aromatic carbocycles. The molecule has 0 unspecified atom stereocenters. The predicted molar refractivity (Wildman–Crippen MR) is 182 cm³/mol. The Morgan fingerprint density at radius 1 is 0.381 bits per heavy atom. The Hall–Kier alpha value is -5.18. The van der Waals surface area contributed by atoms with Gasteiger partial charge < -0.3 is 4.57 Å². The number of rotatable bonds is 3. The second kappa shape index (κ2) is 9.17. The summed E-state index contributed by atoms with van der Waals surface area (Å²) in [5.74, 6) is 0. The number of nitrogens with zero attached hydrogens (tertiary/aromatic N) is 1. The zero-order valence-electron chi connectivity index (χ0n) is 22.8. The standard InChI is InChI=1S/C40H25NS/c1-2-10-31-26(8-1)9-7-13-32(31)27-16-20-30(21-17-27)41-37-14-5-3-11-33(37)34-22-18-28(24-38(34)41)29-19-23-36-35-12-4-6-15-39(35)42-40(36)25-29/h1-25H. The monoisotopic (exact) mass is 551 g/mol. The molecule has 0 aliphatic carbocycles. The van der Waals surface area contributed by atoms with E-state index in [-0.39, 0.29) is 0 Å². The van der Waals surface area contributed by atoms with Crippen molar-refractivity contribution in [3.63, 3.8) is 0 Å². The zero-order chi connectivity index (χ0) is 27.6. The molecule has 9 rings (SSSR count). The van der Waals surface area contributed by atoms with E-state index < -0.39 is 0 Å². The summed E-state index contributed by atoms with van der Waals surface area (Å²) in [5.41, 5.74) is 8.60. The SMILES string of the molecule is c1ccc2c(-c3ccc(-n4c5ccccc5c5ccc(-c6ccc7c(c6)sc6ccccc67)cc54)cc3)cccc2c1. The summed E-state index contributed by atoms with van der Waals surface area (Å²) in [6, 6.07) is 55.5. The van der Waals surface area contributed by atoms with Crippen LogP contribution in [0.4, 0.5) is 0 Å². The third-order valence-corrected chi connectivity index (χ3v) is 9.75. The maximum atomic E-state index is 2.42. The van der Waals surface area contributed by atoms with Crippen LogP contribution in [-0.4, -0.2) is 4.57 Å². The highest BCUT2D eigenvalue weighted by Gasteiger charge is 2.14. The van der Waals surface area contributed by atoms with Crippen LogP contribution in [0.5, 0.6) is 0 Å². The number of fused-ring (bicyclic) bond motifs is 7. The number of hydrogen-bond acceptors (Lipinski definition) is 1. The summed E-state index contributed by atoms with van der Waals surface area (Å²) in [5, 5.41) is 7.77. The van der Waals surface area contributed by atoms with Gasteiger partial charge in [-0.1, -0.05) is 115 Å². The van der Waals surface area contributed by atoms with Crippen LogP contribution < -0.4 is 0 Å². The second-order valence-corrected chi connectivity index (χ2v) is 12.1. The lowest BCUT2D eigenvalue weighted by atomic mass is 9.98. The summed E-state index contributed by atoms with van der Waals surface area (Å²) in [6.07, 6.45) is 0. The number of para-hydroxylation sites is 1. The van der Waals surface area contributed by atoms with Gasteiger partial charge in [0.25, 0.3) is 0 Å². The van der Waals surface area contributed by atoms with E-state index in [0.29, 0.717) is 0 Å². The lowest BCUT2D eigenvalue weighted by molar-refractivity contribution is 1.18. The molecule has 1 nitrogen and oxygen atoms in total. The number of aromatic nitrogens is 1. The maximum absolute atomic E-state index is 2.42. The van der Waals surface area contributed by atoms with E-state index in [1.54, 1.807) is 0 Å². The van der Waals surface area contributed by atoms with Gasteiger partial charge in [-0.15, -0.1) is 11.3 Å². The van der Waals surface area contributed by atoms with Crippen molar-refractivity contribution in [3.05, 3.63) is 152 Å². The smallest absolute Gasteiger partial charge is 0.0547 e. The Bertz CT molecular complexity index is 2450. The van der Waals surface area contributed by atoms with Gasteiger partial charge in [-0.05, 0) is 69.4 Å². The van der Waals surface area contributed by atoms with Gasteiger partial charge in [-0.25, -0.2) is 0 Å². The number of thiophene rings is 1. The summed E-state index contributed by atoms with van der Waals surface area (Å²) in [7, 11) is 0. The van der Waals surface area contributed by atoms with E-state index in [0.717, 1.165) is 0 Å². The molecule has 9 aromatic rings. The molecule has 0 spiro atoms. The van der Waals surface area contributed by atoms with Crippen molar-refractivity contribution in [2.45, 2.75) is 0 Å². The number of hydrogen-bond donors (Lipinski definition) is 0. The molecule has 2 heterocycles. The van der Waals surface area contributed by atoms with Crippen molar-refractivity contribution in [3.8, 4) is 27.9 Å². The molecule has 0 fully saturated rings. The van der Waals surface area contributed by atoms with Gasteiger partial charge in [0.1, 0.15) is 0 Å². The third-order valence-electron chi connectivity index (χ3n) is 8.61. The minimum absolute atomic E-state index is 1.17. The highest BCUT2D eigenvalue weighted by Crippen LogP contribution is 2.39. The van der Waals surface area contributed by atoms with Crippen LogP contribution in [0.2, 0.25) is 0 Å². The second-order valence-electron chi connectivity index (χ2n) is 11.0. The molecule has 2 heteroatoms. The quantitative estimate of drug-likeness (QED) is 0.206. The van der Waals surface area contributed by atoms with Gasteiger partial charge in [0.2, 0.25) is 0 Å². The molecule has 42 heavy (non-hydrogen) atoms. The van der Waals surface area contributed by atoms with Crippen LogP contribution in [0.25, 0.3) is 80.7 Å². The first-order chi connectivity index (χ1) is 20.8. The molecule has 0 radical (unpaired) electrons. The average Bonchev–Trinajstić information content (AvgIpc) is 3.59. The van der Waals surface area contributed by atoms with E-state index >= 15 is 0 Å². The molecule has 0 bridgehead atoms. The largest absolute Gasteiger partial charge is 0.309 e. The Labute approximate surface area is 247 Å². The minimum atomic E-state index is 1.17. The lowest BCUT2D eigenvalue weighted by Crippen LogP contribution is -1.94. The van der Waals surface area contributed by atoms with E-state index in [1.807, 2.05) is 11.3 Å². The molecule has 0 atom stereocenters. The van der Waals surface area contributed by atoms with E-state index in [2.05, 4.69) is 156 Å². The fraction of sp³-hybridized carbons (Fsp3) is 0. The molecule has 0 saturated heterocycles. The van der Waals surface area contributed by atoms with E-state index in [9.17, 15) is 0 Å². The molecule has 0 aliphatic heterocycles. The highest BCUT2D eigenvalue weighted by atomic mass is 32.1. The van der Waals surface area contributed by atoms with E-state index in [4.69, 9.17) is 0 Å². The van der Waals surface area contributed by atoms with Gasteiger partial charge in [-0.2, -0.15) is 0 Å². The Morgan fingerprint density at radius 2 is 1.00 bits per heavy atom. The topological polar surface area (TPSA) is 4.93 Å². The fourth-order valence-corrected chi connectivity index (χ4v) is 7.75. The van der Waals surface area contributed by atoms with Crippen molar-refractivity contribution in [1.82, 2.24) is 4.57 Å². The molecule has 0 N–H and O–H groups in total. The first kappa shape index (κ1) is 23.5. The molecule has 0 aliphatic rings. The van der Waals surface area contributed by atoms with Crippen LogP contribution in [0.3, 0.4) is 0 Å². The van der Waals surface area contributed by atoms with Crippen LogP contribution in [0.1, 0.15) is 0 Å². The summed E-state index contributed by atoms with van der Waals surface area (Å²) in [6.45, 7) is 0. The molecule has 0 amide bonds. The molecular weight excluding hydrogens is 527 g/mol. The van der Waals surface area contributed by atoms with Gasteiger partial charge in [0.15, 0.2) is 0 Å². The highest BCUT2D eigenvalue weighted by molar-refractivity contribution is 7.25. The van der Waals surface area contributed by atoms with Crippen molar-refractivity contribution < 1.29 is 0 Å². The first-order valence-electron chi connectivity index (χ1n) is 14.4. The summed E-state index contributed by atoms with van der Waals surface area (Å²) < 4.78 is 5.09. The molecule has 2 aromatic heterocycles. The van der Waals surface area contributed by atoms with Crippen LogP contribution in [0, 0.1) is 0 Å². The fourth-order valence-electron chi connectivity index (χ4n) is 6.60. The van der Waals surface area contributed by atoms with Gasteiger partial charge >= 0.3 is 0 Å². The van der Waals surface area contributed by atoms with E-state index in [1.165, 1.54) is 80.7 Å². The predicted octanol–water partition coefficient (Wildman–Crippen LogP) is 11.6. The van der Waals surface area contributed by atoms with Crippen molar-refractivity contribution in [2.24, 2.45) is 0 Å². The number of benzene rings is 7.